The van der Waals surface area contributed by atoms with Crippen molar-refractivity contribution in [2.75, 3.05) is 35.8 Å². The number of ether oxygens (including phenoxy) is 1. The van der Waals surface area contributed by atoms with E-state index >= 15 is 0 Å². The van der Waals surface area contributed by atoms with Crippen molar-refractivity contribution in [2.24, 2.45) is 5.84 Å². The van der Waals surface area contributed by atoms with Crippen molar-refractivity contribution >= 4 is 29.6 Å². The van der Waals surface area contributed by atoms with Gasteiger partial charge in [0, 0.05) is 13.1 Å². The second-order valence-corrected chi connectivity index (χ2v) is 5.12. The number of hydrogen-bond donors (Lipinski definition) is 2. The molecule has 3 N–H and O–H groups in total. The molecular weight excluding hydrogens is 280 g/mol. The zero-order valence-electron chi connectivity index (χ0n) is 11.3. The Hall–Kier alpha value is -1.61. The number of nitrogen functional groups attached to an aromatic ring is 1. The predicted molar refractivity (Wildman–Crippen MR) is 76.4 cm³/mol. The molecule has 2 heterocycles. The predicted octanol–water partition coefficient (Wildman–Crippen LogP) is 0.413. The van der Waals surface area contributed by atoms with Crippen molar-refractivity contribution in [1.82, 2.24) is 15.0 Å². The van der Waals surface area contributed by atoms with Gasteiger partial charge < -0.3 is 9.64 Å². The van der Waals surface area contributed by atoms with Crippen LogP contribution in [0.4, 0.5) is 11.9 Å². The number of rotatable bonds is 6. The minimum absolute atomic E-state index is 0.168. The van der Waals surface area contributed by atoms with Crippen LogP contribution in [-0.4, -0.2) is 46.4 Å². The van der Waals surface area contributed by atoms with E-state index in [0.717, 1.165) is 25.9 Å². The molecule has 0 atom stereocenters. The SMILES string of the molecule is CCOC(=O)CSc1nc(NN)nc(N2CCCC2)n1. The number of thioether (sulfide) groups is 1. The van der Waals surface area contributed by atoms with Crippen molar-refractivity contribution < 1.29 is 9.53 Å². The first kappa shape index (κ1) is 14.8. The molecule has 0 aromatic carbocycles. The molecule has 1 aromatic heterocycles. The number of nitrogens with two attached hydrogens (primary N) is 1. The van der Waals surface area contributed by atoms with Gasteiger partial charge in [-0.15, -0.1) is 0 Å². The van der Waals surface area contributed by atoms with E-state index in [9.17, 15) is 4.79 Å². The molecule has 0 radical (unpaired) electrons. The Kier molecular flexibility index (Phi) is 5.36. The topological polar surface area (TPSA) is 106 Å². The van der Waals surface area contributed by atoms with Gasteiger partial charge in [-0.05, 0) is 19.8 Å². The van der Waals surface area contributed by atoms with Gasteiger partial charge >= 0.3 is 5.97 Å². The average molecular weight is 298 g/mol. The highest BCUT2D eigenvalue weighted by Crippen LogP contribution is 2.21. The molecule has 1 aliphatic heterocycles. The highest BCUT2D eigenvalue weighted by atomic mass is 32.2. The molecule has 1 fully saturated rings. The van der Waals surface area contributed by atoms with E-state index in [2.05, 4.69) is 25.3 Å². The van der Waals surface area contributed by atoms with Gasteiger partial charge in [-0.2, -0.15) is 15.0 Å². The maximum absolute atomic E-state index is 11.3. The first-order chi connectivity index (χ1) is 9.72. The molecule has 0 spiro atoms. The summed E-state index contributed by atoms with van der Waals surface area (Å²) in [6.07, 6.45) is 2.25. The molecule has 110 valence electrons. The summed E-state index contributed by atoms with van der Waals surface area (Å²) >= 11 is 1.21. The van der Waals surface area contributed by atoms with Crippen LogP contribution in [0.1, 0.15) is 19.8 Å². The van der Waals surface area contributed by atoms with Crippen LogP contribution in [-0.2, 0) is 9.53 Å². The Labute approximate surface area is 121 Å². The Bertz CT molecular complexity index is 466. The minimum Gasteiger partial charge on any atom is -0.465 e. The molecule has 0 saturated carbocycles. The fourth-order valence-corrected chi connectivity index (χ4v) is 2.49. The number of aromatic nitrogens is 3. The van der Waals surface area contributed by atoms with E-state index in [1.807, 2.05) is 0 Å². The number of nitrogens with one attached hydrogen (secondary N) is 1. The summed E-state index contributed by atoms with van der Waals surface area (Å²) in [4.78, 5) is 26.1. The maximum atomic E-state index is 11.3. The second-order valence-electron chi connectivity index (χ2n) is 4.17. The largest absolute Gasteiger partial charge is 0.465 e. The van der Waals surface area contributed by atoms with E-state index in [4.69, 9.17) is 10.6 Å². The molecule has 0 amide bonds. The highest BCUT2D eigenvalue weighted by Gasteiger charge is 2.17. The molecule has 1 aliphatic rings. The van der Waals surface area contributed by atoms with Gasteiger partial charge in [0.15, 0.2) is 5.16 Å². The lowest BCUT2D eigenvalue weighted by atomic mass is 10.4. The third-order valence-electron chi connectivity index (χ3n) is 2.75. The Morgan fingerprint density at radius 1 is 1.40 bits per heavy atom. The smallest absolute Gasteiger partial charge is 0.316 e. The molecule has 0 bridgehead atoms. The van der Waals surface area contributed by atoms with Crippen molar-refractivity contribution in [1.29, 1.82) is 0 Å². The summed E-state index contributed by atoms with van der Waals surface area (Å²) in [5.41, 5.74) is 2.43. The van der Waals surface area contributed by atoms with Gasteiger partial charge in [0.05, 0.1) is 12.4 Å². The van der Waals surface area contributed by atoms with Crippen LogP contribution in [0.2, 0.25) is 0 Å². The highest BCUT2D eigenvalue weighted by molar-refractivity contribution is 7.99. The summed E-state index contributed by atoms with van der Waals surface area (Å²) in [6, 6.07) is 0. The molecule has 0 unspecified atom stereocenters. The summed E-state index contributed by atoms with van der Waals surface area (Å²) in [6.45, 7) is 3.99. The standard InChI is InChI=1S/C11H18N6O2S/c1-2-19-8(18)7-20-11-14-9(16-12)13-10(15-11)17-5-3-4-6-17/h2-7,12H2,1H3,(H,13,14,15,16). The monoisotopic (exact) mass is 298 g/mol. The van der Waals surface area contributed by atoms with Crippen molar-refractivity contribution in [3.05, 3.63) is 0 Å². The fourth-order valence-electron chi connectivity index (χ4n) is 1.86. The van der Waals surface area contributed by atoms with Crippen LogP contribution >= 0.6 is 11.8 Å². The van der Waals surface area contributed by atoms with Crippen LogP contribution in [0.3, 0.4) is 0 Å². The van der Waals surface area contributed by atoms with E-state index in [1.54, 1.807) is 6.92 Å². The molecule has 1 saturated heterocycles. The van der Waals surface area contributed by atoms with Crippen molar-refractivity contribution in [2.45, 2.75) is 24.9 Å². The first-order valence-electron chi connectivity index (χ1n) is 6.49. The van der Waals surface area contributed by atoms with Crippen LogP contribution in [0.25, 0.3) is 0 Å². The maximum Gasteiger partial charge on any atom is 0.316 e. The lowest BCUT2D eigenvalue weighted by molar-refractivity contribution is -0.139. The lowest BCUT2D eigenvalue weighted by Gasteiger charge is -2.16. The quantitative estimate of drug-likeness (QED) is 0.334. The van der Waals surface area contributed by atoms with E-state index in [1.165, 1.54) is 11.8 Å². The van der Waals surface area contributed by atoms with Gasteiger partial charge in [0.25, 0.3) is 0 Å². The zero-order valence-corrected chi connectivity index (χ0v) is 12.2. The second kappa shape index (κ2) is 7.25. The van der Waals surface area contributed by atoms with Crippen molar-refractivity contribution in [3.63, 3.8) is 0 Å². The zero-order chi connectivity index (χ0) is 14.4. The van der Waals surface area contributed by atoms with E-state index < -0.39 is 0 Å². The van der Waals surface area contributed by atoms with Crippen LogP contribution in [0.15, 0.2) is 5.16 Å². The number of hydrogen-bond acceptors (Lipinski definition) is 9. The normalized spacial score (nSPS) is 14.4. The number of carbonyl (C=O) groups excluding carboxylic acids is 1. The van der Waals surface area contributed by atoms with Crippen LogP contribution in [0, 0.1) is 0 Å². The average Bonchev–Trinajstić information content (AvgIpc) is 2.99. The van der Waals surface area contributed by atoms with Gasteiger partial charge in [0.2, 0.25) is 11.9 Å². The Balaban J connectivity index is 2.07. The lowest BCUT2D eigenvalue weighted by Crippen LogP contribution is -2.22. The van der Waals surface area contributed by atoms with Gasteiger partial charge in [-0.3, -0.25) is 10.2 Å². The van der Waals surface area contributed by atoms with Crippen LogP contribution in [0.5, 0.6) is 0 Å². The molecule has 2 rings (SSSR count). The Morgan fingerprint density at radius 2 is 2.15 bits per heavy atom. The number of esters is 1. The number of anilines is 2. The third-order valence-corrected chi connectivity index (χ3v) is 3.57. The first-order valence-corrected chi connectivity index (χ1v) is 7.47. The molecule has 8 nitrogen and oxygen atoms in total. The summed E-state index contributed by atoms with van der Waals surface area (Å²) in [7, 11) is 0. The third kappa shape index (κ3) is 3.94. The molecule has 9 heteroatoms. The number of nitrogens with zero attached hydrogens (tertiary/aromatic N) is 4. The summed E-state index contributed by atoms with van der Waals surface area (Å²) in [5.74, 6) is 6.14. The summed E-state index contributed by atoms with van der Waals surface area (Å²) < 4.78 is 4.87. The fraction of sp³-hybridized carbons (Fsp3) is 0.636. The van der Waals surface area contributed by atoms with Crippen LogP contribution < -0.4 is 16.2 Å². The van der Waals surface area contributed by atoms with Gasteiger partial charge in [-0.1, -0.05) is 11.8 Å². The summed E-state index contributed by atoms with van der Waals surface area (Å²) in [5, 5.41) is 0.461. The molecule has 0 aliphatic carbocycles. The van der Waals surface area contributed by atoms with E-state index in [0.29, 0.717) is 23.7 Å². The minimum atomic E-state index is -0.289. The van der Waals surface area contributed by atoms with E-state index in [-0.39, 0.29) is 11.7 Å². The van der Waals surface area contributed by atoms with Gasteiger partial charge in [-0.25, -0.2) is 5.84 Å². The van der Waals surface area contributed by atoms with Crippen molar-refractivity contribution in [3.8, 4) is 0 Å². The Morgan fingerprint density at radius 3 is 2.80 bits per heavy atom. The molecule has 20 heavy (non-hydrogen) atoms. The molecule has 1 aromatic rings. The number of carbonyl (C=O) groups is 1. The molecular formula is C11H18N6O2S. The van der Waals surface area contributed by atoms with Gasteiger partial charge in [0.1, 0.15) is 0 Å². The number of hydrazine groups is 1.